The summed E-state index contributed by atoms with van der Waals surface area (Å²) >= 11 is 0. The van der Waals surface area contributed by atoms with Gasteiger partial charge in [0.1, 0.15) is 0 Å². The zero-order valence-electron chi connectivity index (χ0n) is 31.6. The average Bonchev–Trinajstić information content (AvgIpc) is 3.12. The maximum Gasteiger partial charge on any atom is 0.280 e. The smallest absolute Gasteiger partial charge is 0.264 e. The van der Waals surface area contributed by atoms with Gasteiger partial charge in [0.05, 0.1) is 10.3 Å². The van der Waals surface area contributed by atoms with Gasteiger partial charge >= 0.3 is 0 Å². The van der Waals surface area contributed by atoms with Crippen LogP contribution >= 0.6 is 0 Å². The van der Waals surface area contributed by atoms with Crippen LogP contribution in [0.3, 0.4) is 0 Å². The summed E-state index contributed by atoms with van der Waals surface area (Å²) in [6, 6.07) is 20.4. The number of nitrogens with zero attached hydrogens (tertiary/aromatic N) is 2. The van der Waals surface area contributed by atoms with Crippen LogP contribution in [0.5, 0.6) is 0 Å². The van der Waals surface area contributed by atoms with Crippen LogP contribution in [0, 0.1) is 20.2 Å². The van der Waals surface area contributed by atoms with Crippen molar-refractivity contribution in [3.05, 3.63) is 98.1 Å². The number of nitro benzene ring substituents is 1. The van der Waals surface area contributed by atoms with Crippen molar-refractivity contribution in [2.45, 2.75) is 180 Å². The summed E-state index contributed by atoms with van der Waals surface area (Å²) in [6.45, 7) is 4.51. The van der Waals surface area contributed by atoms with Gasteiger partial charge in [0, 0.05) is 22.5 Å². The van der Waals surface area contributed by atoms with E-state index in [1.165, 1.54) is 128 Å². The van der Waals surface area contributed by atoms with Gasteiger partial charge < -0.3 is 0 Å². The van der Waals surface area contributed by atoms with Crippen LogP contribution in [0.4, 0.5) is 5.69 Å². The minimum Gasteiger partial charge on any atom is -0.264 e. The summed E-state index contributed by atoms with van der Waals surface area (Å²) in [5.41, 5.74) is 2.02. The van der Waals surface area contributed by atoms with Gasteiger partial charge in [-0.3, -0.25) is 20.2 Å². The van der Waals surface area contributed by atoms with E-state index in [4.69, 9.17) is 0 Å². The predicted molar refractivity (Wildman–Crippen MR) is 213 cm³/mol. The molecule has 0 aliphatic carbocycles. The van der Waals surface area contributed by atoms with E-state index >= 15 is 0 Å². The van der Waals surface area contributed by atoms with Gasteiger partial charge in [0.25, 0.3) is 5.69 Å². The van der Waals surface area contributed by atoms with E-state index in [1.807, 2.05) is 66.7 Å². The molecule has 0 aromatic heterocycles. The number of rotatable bonds is 28. The van der Waals surface area contributed by atoms with Crippen molar-refractivity contribution < 1.29 is 9.85 Å². The van der Waals surface area contributed by atoms with Crippen molar-refractivity contribution in [3.63, 3.8) is 0 Å². The minimum absolute atomic E-state index is 0.129. The van der Waals surface area contributed by atoms with Crippen LogP contribution in [0.1, 0.15) is 185 Å². The van der Waals surface area contributed by atoms with Crippen molar-refractivity contribution in [3.8, 4) is 0 Å². The number of hydrogen-bond donors (Lipinski definition) is 0. The van der Waals surface area contributed by atoms with Crippen LogP contribution < -0.4 is 0 Å². The first-order valence-corrected chi connectivity index (χ1v) is 20.3. The molecule has 6 heteroatoms. The van der Waals surface area contributed by atoms with E-state index in [0.717, 1.165) is 47.6 Å². The lowest BCUT2D eigenvalue weighted by Crippen LogP contribution is -2.10. The van der Waals surface area contributed by atoms with Crippen molar-refractivity contribution in [2.24, 2.45) is 0 Å². The first-order valence-electron chi connectivity index (χ1n) is 20.3. The molecule has 3 aromatic rings. The van der Waals surface area contributed by atoms with Gasteiger partial charge in [-0.1, -0.05) is 209 Å². The van der Waals surface area contributed by atoms with Crippen molar-refractivity contribution in [1.29, 1.82) is 0 Å². The Bertz CT molecular complexity index is 1300. The Morgan fingerprint density at radius 3 is 1.42 bits per heavy atom. The van der Waals surface area contributed by atoms with Gasteiger partial charge in [-0.05, 0) is 30.7 Å². The highest BCUT2D eigenvalue weighted by molar-refractivity contribution is 5.92. The molecular formula is C44H68N2O4. The highest BCUT2D eigenvalue weighted by atomic mass is 16.6. The number of unbranched alkanes of at least 4 members (excludes halogenated alkanes) is 21. The van der Waals surface area contributed by atoms with E-state index in [9.17, 15) is 20.2 Å². The third kappa shape index (κ3) is 18.6. The van der Waals surface area contributed by atoms with Crippen molar-refractivity contribution in [2.75, 3.05) is 0 Å². The van der Waals surface area contributed by atoms with Gasteiger partial charge in [-0.2, -0.15) is 0 Å². The number of nitro groups is 2. The topological polar surface area (TPSA) is 86.3 Å². The lowest BCUT2D eigenvalue weighted by Gasteiger charge is -2.09. The fourth-order valence-corrected chi connectivity index (χ4v) is 6.94. The molecule has 50 heavy (non-hydrogen) atoms. The molecule has 0 N–H and O–H groups in total. The molecule has 0 spiro atoms. The molecule has 0 amide bonds. The molecule has 0 radical (unpaired) electrons. The number of aryl methyl sites for hydroxylation is 1. The largest absolute Gasteiger partial charge is 0.280 e. The summed E-state index contributed by atoms with van der Waals surface area (Å²) in [7, 11) is 0. The van der Waals surface area contributed by atoms with E-state index in [0.29, 0.717) is 12.1 Å². The molecule has 278 valence electrons. The first kappa shape index (κ1) is 42.9. The predicted octanol–water partition coefficient (Wildman–Crippen LogP) is 14.7. The SMILES string of the molecule is CCCCCCCCCCCCCCCC(c1ccccc1)[N+](=O)[O-].CCCCCCCCCCCCc1ccc2ccccc2c1[N+](=O)[O-]. The van der Waals surface area contributed by atoms with Gasteiger partial charge in [-0.15, -0.1) is 0 Å². The Balaban J connectivity index is 0.000000347. The van der Waals surface area contributed by atoms with E-state index in [1.54, 1.807) is 0 Å². The quantitative estimate of drug-likeness (QED) is 0.0431. The number of hydrogen-bond acceptors (Lipinski definition) is 4. The fraction of sp³-hybridized carbons (Fsp3) is 0.636. The molecule has 1 unspecified atom stereocenters. The van der Waals surface area contributed by atoms with Gasteiger partial charge in [-0.25, -0.2) is 0 Å². The van der Waals surface area contributed by atoms with Gasteiger partial charge in [0.15, 0.2) is 0 Å². The first-order chi connectivity index (χ1) is 24.5. The molecule has 0 heterocycles. The molecule has 0 aliphatic heterocycles. The molecule has 0 aliphatic rings. The van der Waals surface area contributed by atoms with E-state index in [-0.39, 0.29) is 9.85 Å². The second-order valence-corrected chi connectivity index (χ2v) is 14.2. The molecule has 1 atom stereocenters. The second-order valence-electron chi connectivity index (χ2n) is 14.2. The standard InChI is InChI=1S/C22H31NO2.C22H37NO2/c1-2-3-4-5-6-7-8-9-10-11-15-20-18-17-19-14-12-13-16-21(19)22(20)23(24)25;1-2-3-4-5-6-7-8-9-10-11-12-13-17-20-22(23(24)25)21-18-15-14-16-19-21/h12-14,16-18H,2-11,15H2,1H3;14-16,18-19,22H,2-13,17,20H2,1H3. The lowest BCUT2D eigenvalue weighted by atomic mass is 9.99. The fourth-order valence-electron chi connectivity index (χ4n) is 6.94. The molecular weight excluding hydrogens is 620 g/mol. The van der Waals surface area contributed by atoms with Crippen LogP contribution in [-0.2, 0) is 6.42 Å². The monoisotopic (exact) mass is 689 g/mol. The summed E-state index contributed by atoms with van der Waals surface area (Å²) in [5.74, 6) is 0. The Hall–Kier alpha value is -3.28. The number of benzene rings is 3. The van der Waals surface area contributed by atoms with E-state index in [2.05, 4.69) is 13.8 Å². The Morgan fingerprint density at radius 1 is 0.500 bits per heavy atom. The van der Waals surface area contributed by atoms with E-state index < -0.39 is 6.04 Å². The summed E-state index contributed by atoms with van der Waals surface area (Å²) in [4.78, 5) is 22.4. The zero-order chi connectivity index (χ0) is 36.1. The summed E-state index contributed by atoms with van der Waals surface area (Å²) in [5, 5.41) is 24.5. The number of fused-ring (bicyclic) bond motifs is 1. The highest BCUT2D eigenvalue weighted by Gasteiger charge is 2.21. The molecule has 3 rings (SSSR count). The minimum atomic E-state index is -0.533. The average molecular weight is 689 g/mol. The second kappa shape index (κ2) is 28.4. The summed E-state index contributed by atoms with van der Waals surface area (Å²) < 4.78 is 0. The van der Waals surface area contributed by atoms with Crippen LogP contribution in [0.25, 0.3) is 10.8 Å². The summed E-state index contributed by atoms with van der Waals surface area (Å²) in [6.07, 6.45) is 31.3. The van der Waals surface area contributed by atoms with Crippen LogP contribution in [-0.4, -0.2) is 9.85 Å². The lowest BCUT2D eigenvalue weighted by molar-refractivity contribution is -0.530. The molecule has 0 bridgehead atoms. The third-order valence-corrected chi connectivity index (χ3v) is 9.99. The molecule has 0 saturated heterocycles. The highest BCUT2D eigenvalue weighted by Crippen LogP contribution is 2.31. The zero-order valence-corrected chi connectivity index (χ0v) is 31.6. The van der Waals surface area contributed by atoms with Crippen LogP contribution in [0.15, 0.2) is 66.7 Å². The Labute approximate surface area is 304 Å². The maximum absolute atomic E-state index is 11.5. The Morgan fingerprint density at radius 2 is 0.940 bits per heavy atom. The van der Waals surface area contributed by atoms with Crippen molar-refractivity contribution in [1.82, 2.24) is 0 Å². The van der Waals surface area contributed by atoms with Gasteiger partial charge in [0.2, 0.25) is 6.04 Å². The normalized spacial score (nSPS) is 11.6. The maximum atomic E-state index is 11.5. The molecule has 0 fully saturated rings. The molecule has 3 aromatic carbocycles. The van der Waals surface area contributed by atoms with Crippen molar-refractivity contribution >= 4 is 16.5 Å². The molecule has 0 saturated carbocycles. The Kier molecular flexibility index (Phi) is 24.4. The van der Waals surface area contributed by atoms with Crippen LogP contribution in [0.2, 0.25) is 0 Å². The third-order valence-electron chi connectivity index (χ3n) is 9.99. The molecule has 6 nitrogen and oxygen atoms in total.